The number of hydrogen-bond acceptors (Lipinski definition) is 1. The van der Waals surface area contributed by atoms with E-state index in [0.29, 0.717) is 0 Å². The third-order valence-corrected chi connectivity index (χ3v) is 10.6. The summed E-state index contributed by atoms with van der Waals surface area (Å²) in [6.07, 6.45) is 4.46. The van der Waals surface area contributed by atoms with Gasteiger partial charge in [-0.1, -0.05) is 170 Å². The van der Waals surface area contributed by atoms with Crippen molar-refractivity contribution in [1.29, 1.82) is 0 Å². The van der Waals surface area contributed by atoms with Crippen molar-refractivity contribution in [2.75, 3.05) is 0 Å². The van der Waals surface area contributed by atoms with Crippen LogP contribution in [0.5, 0.6) is 0 Å². The molecular formula is C49H36S. The van der Waals surface area contributed by atoms with Crippen molar-refractivity contribution in [3.05, 3.63) is 211 Å². The molecule has 0 aliphatic rings. The van der Waals surface area contributed by atoms with Crippen LogP contribution in [0.1, 0.15) is 23.6 Å². The lowest BCUT2D eigenvalue weighted by Gasteiger charge is -2.11. The molecule has 238 valence electrons. The summed E-state index contributed by atoms with van der Waals surface area (Å²) in [4.78, 5) is 0. The predicted molar refractivity (Wildman–Crippen MR) is 219 cm³/mol. The van der Waals surface area contributed by atoms with Gasteiger partial charge in [0.2, 0.25) is 0 Å². The van der Waals surface area contributed by atoms with Gasteiger partial charge in [-0.15, -0.1) is 11.3 Å². The molecule has 0 radical (unpaired) electrons. The molecular weight excluding hydrogens is 621 g/mol. The lowest BCUT2D eigenvalue weighted by atomic mass is 9.94. The fourth-order valence-electron chi connectivity index (χ4n) is 6.72. The van der Waals surface area contributed by atoms with Crippen molar-refractivity contribution in [2.24, 2.45) is 0 Å². The zero-order valence-electron chi connectivity index (χ0n) is 28.0. The van der Waals surface area contributed by atoms with Crippen molar-refractivity contribution in [3.8, 4) is 33.4 Å². The Morgan fingerprint density at radius 1 is 0.460 bits per heavy atom. The van der Waals surface area contributed by atoms with Crippen LogP contribution in [0.2, 0.25) is 0 Å². The average molecular weight is 657 g/mol. The van der Waals surface area contributed by atoms with Gasteiger partial charge in [0.05, 0.1) is 0 Å². The van der Waals surface area contributed by atoms with Gasteiger partial charge in [0.25, 0.3) is 0 Å². The molecule has 50 heavy (non-hydrogen) atoms. The second kappa shape index (κ2) is 13.8. The van der Waals surface area contributed by atoms with E-state index in [9.17, 15) is 0 Å². The van der Waals surface area contributed by atoms with Gasteiger partial charge in [-0.3, -0.25) is 0 Å². The van der Waals surface area contributed by atoms with Gasteiger partial charge in [0.15, 0.2) is 0 Å². The second-order valence-corrected chi connectivity index (χ2v) is 13.8. The Bertz CT molecular complexity index is 2530. The van der Waals surface area contributed by atoms with Gasteiger partial charge >= 0.3 is 0 Å². The Labute approximate surface area is 298 Å². The summed E-state index contributed by atoms with van der Waals surface area (Å²) in [5, 5.41) is 2.66. The zero-order valence-corrected chi connectivity index (χ0v) is 28.8. The lowest BCUT2D eigenvalue weighted by Crippen LogP contribution is -1.88. The number of allylic oxidation sites excluding steroid dienone is 5. The van der Waals surface area contributed by atoms with Gasteiger partial charge < -0.3 is 0 Å². The molecule has 0 unspecified atom stereocenters. The Hall–Kier alpha value is -6.02. The van der Waals surface area contributed by atoms with Crippen molar-refractivity contribution in [1.82, 2.24) is 0 Å². The number of benzene rings is 7. The standard InChI is InChI=1S/C49H36S/c1-34(36-14-5-3-6-15-36)30-44(37-16-7-4-8-17-37)31-35(2)40-18-11-19-41(32-40)38-26-28-39(29-27-38)42-20-12-21-43(33-42)45-23-13-24-47-46-22-9-10-25-48(46)50-49(45)47/h3-33H,2H2,1H3/b34-30+,44-31+. The molecule has 8 aromatic rings. The summed E-state index contributed by atoms with van der Waals surface area (Å²) < 4.78 is 2.67. The Morgan fingerprint density at radius 3 is 1.76 bits per heavy atom. The maximum Gasteiger partial charge on any atom is 0.0433 e. The zero-order chi connectivity index (χ0) is 33.9. The summed E-state index contributed by atoms with van der Waals surface area (Å²) >= 11 is 1.88. The summed E-state index contributed by atoms with van der Waals surface area (Å²) in [6, 6.07) is 63.0. The summed E-state index contributed by atoms with van der Waals surface area (Å²) in [5.41, 5.74) is 14.1. The molecule has 0 aliphatic heterocycles. The van der Waals surface area contributed by atoms with E-state index in [1.165, 1.54) is 70.3 Å². The van der Waals surface area contributed by atoms with Crippen LogP contribution in [-0.2, 0) is 0 Å². The molecule has 0 nitrogen and oxygen atoms in total. The monoisotopic (exact) mass is 656 g/mol. The quantitative estimate of drug-likeness (QED) is 0.143. The maximum absolute atomic E-state index is 4.52. The highest BCUT2D eigenvalue weighted by Crippen LogP contribution is 2.40. The van der Waals surface area contributed by atoms with E-state index in [-0.39, 0.29) is 0 Å². The van der Waals surface area contributed by atoms with E-state index in [4.69, 9.17) is 0 Å². The molecule has 7 aromatic carbocycles. The SMILES string of the molecule is C=C(/C=C(\C=C(/C)c1ccccc1)c1ccccc1)c1cccc(-c2ccc(-c3cccc(-c4cccc5c4sc4ccccc45)c3)cc2)c1. The second-order valence-electron chi connectivity index (χ2n) is 12.7. The highest BCUT2D eigenvalue weighted by atomic mass is 32.1. The largest absolute Gasteiger partial charge is 0.135 e. The van der Waals surface area contributed by atoms with Gasteiger partial charge in [0.1, 0.15) is 0 Å². The van der Waals surface area contributed by atoms with Crippen LogP contribution in [0, 0.1) is 0 Å². The van der Waals surface area contributed by atoms with Crippen molar-refractivity contribution >= 4 is 48.2 Å². The fourth-order valence-corrected chi connectivity index (χ4v) is 7.96. The van der Waals surface area contributed by atoms with Crippen LogP contribution in [0.4, 0.5) is 0 Å². The van der Waals surface area contributed by atoms with Crippen LogP contribution in [0.15, 0.2) is 195 Å². The molecule has 0 saturated heterocycles. The predicted octanol–water partition coefficient (Wildman–Crippen LogP) is 14.3. The Balaban J connectivity index is 1.07. The van der Waals surface area contributed by atoms with E-state index < -0.39 is 0 Å². The molecule has 1 heterocycles. The van der Waals surface area contributed by atoms with Crippen molar-refractivity contribution in [2.45, 2.75) is 6.92 Å². The third-order valence-electron chi connectivity index (χ3n) is 9.40. The molecule has 0 aliphatic carbocycles. The minimum atomic E-state index is 0.977. The highest BCUT2D eigenvalue weighted by Gasteiger charge is 2.11. The first-order valence-corrected chi connectivity index (χ1v) is 17.8. The smallest absolute Gasteiger partial charge is 0.0433 e. The van der Waals surface area contributed by atoms with Gasteiger partial charge in [-0.2, -0.15) is 0 Å². The van der Waals surface area contributed by atoms with Crippen LogP contribution in [0.25, 0.3) is 70.3 Å². The summed E-state index contributed by atoms with van der Waals surface area (Å²) in [5.74, 6) is 0. The van der Waals surface area contributed by atoms with Crippen molar-refractivity contribution < 1.29 is 0 Å². The molecule has 0 bridgehead atoms. The fraction of sp³-hybridized carbons (Fsp3) is 0.0204. The minimum Gasteiger partial charge on any atom is -0.135 e. The minimum absolute atomic E-state index is 0.977. The van der Waals surface area contributed by atoms with E-state index in [1.54, 1.807) is 0 Å². The topological polar surface area (TPSA) is 0 Å². The van der Waals surface area contributed by atoms with E-state index in [0.717, 1.165) is 16.7 Å². The first-order valence-electron chi connectivity index (χ1n) is 17.0. The lowest BCUT2D eigenvalue weighted by molar-refractivity contribution is 1.55. The molecule has 0 N–H and O–H groups in total. The molecule has 0 amide bonds. The van der Waals surface area contributed by atoms with E-state index >= 15 is 0 Å². The normalized spacial score (nSPS) is 12.0. The molecule has 1 heteroatoms. The maximum atomic E-state index is 4.52. The molecule has 0 fully saturated rings. The van der Waals surface area contributed by atoms with Crippen LogP contribution in [-0.4, -0.2) is 0 Å². The highest BCUT2D eigenvalue weighted by molar-refractivity contribution is 7.26. The van der Waals surface area contributed by atoms with E-state index in [2.05, 4.69) is 202 Å². The molecule has 8 rings (SSSR count). The third kappa shape index (κ3) is 6.40. The Morgan fingerprint density at radius 2 is 1.02 bits per heavy atom. The van der Waals surface area contributed by atoms with Crippen LogP contribution < -0.4 is 0 Å². The molecule has 0 atom stereocenters. The van der Waals surface area contributed by atoms with Gasteiger partial charge in [-0.25, -0.2) is 0 Å². The Kier molecular flexibility index (Phi) is 8.65. The van der Waals surface area contributed by atoms with Gasteiger partial charge in [-0.05, 0) is 98.0 Å². The van der Waals surface area contributed by atoms with E-state index in [1.807, 2.05) is 11.3 Å². The molecule has 0 saturated carbocycles. The first-order chi connectivity index (χ1) is 24.6. The molecule has 1 aromatic heterocycles. The average Bonchev–Trinajstić information content (AvgIpc) is 3.57. The molecule has 0 spiro atoms. The number of hydrogen-bond donors (Lipinski definition) is 0. The number of thiophene rings is 1. The van der Waals surface area contributed by atoms with Crippen molar-refractivity contribution in [3.63, 3.8) is 0 Å². The summed E-state index contributed by atoms with van der Waals surface area (Å²) in [6.45, 7) is 6.69. The summed E-state index contributed by atoms with van der Waals surface area (Å²) in [7, 11) is 0. The van der Waals surface area contributed by atoms with Gasteiger partial charge in [0, 0.05) is 20.2 Å². The first kappa shape index (κ1) is 31.3. The number of fused-ring (bicyclic) bond motifs is 3. The number of rotatable bonds is 8. The van der Waals surface area contributed by atoms with Crippen LogP contribution >= 0.6 is 11.3 Å². The van der Waals surface area contributed by atoms with Crippen LogP contribution in [0.3, 0.4) is 0 Å².